The van der Waals surface area contributed by atoms with Gasteiger partial charge in [0.1, 0.15) is 0 Å². The predicted molar refractivity (Wildman–Crippen MR) is 152 cm³/mol. The van der Waals surface area contributed by atoms with Crippen LogP contribution in [0.4, 0.5) is 0 Å². The lowest BCUT2D eigenvalue weighted by Crippen LogP contribution is -2.31. The number of unbranched alkanes of at least 4 members (excludes halogenated alkanes) is 4. The third-order valence-corrected chi connectivity index (χ3v) is 7.27. The normalized spacial score (nSPS) is 14.1. The lowest BCUT2D eigenvalue weighted by molar-refractivity contribution is 0.498. The SMILES string of the molecule is CCCCCc1c(C(C)(C)C)c(CCCCC)c(C(C)(C)C)c(C(C)CCC)c1C(C)(C)C. The molecule has 0 N–H and O–H groups in total. The largest absolute Gasteiger partial charge is 0.0654 e. The van der Waals surface area contributed by atoms with E-state index in [1.807, 2.05) is 0 Å². The highest BCUT2D eigenvalue weighted by Crippen LogP contribution is 2.48. The van der Waals surface area contributed by atoms with Crippen molar-refractivity contribution in [3.8, 4) is 0 Å². The van der Waals surface area contributed by atoms with Gasteiger partial charge in [0.25, 0.3) is 0 Å². The van der Waals surface area contributed by atoms with Crippen LogP contribution in [0, 0.1) is 0 Å². The maximum Gasteiger partial charge on any atom is -0.0126 e. The lowest BCUT2D eigenvalue weighted by atomic mass is 9.63. The first kappa shape index (κ1) is 30.3. The molecule has 0 bridgehead atoms. The molecule has 0 saturated carbocycles. The van der Waals surface area contributed by atoms with Gasteiger partial charge in [0.2, 0.25) is 0 Å². The smallest absolute Gasteiger partial charge is 0.0126 e. The van der Waals surface area contributed by atoms with Crippen molar-refractivity contribution < 1.29 is 0 Å². The van der Waals surface area contributed by atoms with Gasteiger partial charge in [-0.2, -0.15) is 0 Å². The summed E-state index contributed by atoms with van der Waals surface area (Å²) in [7, 11) is 0. The Morgan fingerprint density at radius 1 is 0.515 bits per heavy atom. The number of hydrogen-bond donors (Lipinski definition) is 0. The van der Waals surface area contributed by atoms with Gasteiger partial charge in [0.05, 0.1) is 0 Å². The Hall–Kier alpha value is -0.780. The molecule has 1 aromatic rings. The summed E-state index contributed by atoms with van der Waals surface area (Å²) in [5.74, 6) is 0.613. The Morgan fingerprint density at radius 3 is 1.15 bits per heavy atom. The van der Waals surface area contributed by atoms with Crippen molar-refractivity contribution in [1.82, 2.24) is 0 Å². The molecule has 0 heteroatoms. The molecule has 0 radical (unpaired) electrons. The van der Waals surface area contributed by atoms with Gasteiger partial charge in [0.15, 0.2) is 0 Å². The summed E-state index contributed by atoms with van der Waals surface area (Å²) in [6.45, 7) is 31.8. The Labute approximate surface area is 209 Å². The number of benzene rings is 1. The summed E-state index contributed by atoms with van der Waals surface area (Å²) in [5.41, 5.74) is 10.8. The van der Waals surface area contributed by atoms with Crippen molar-refractivity contribution >= 4 is 0 Å². The van der Waals surface area contributed by atoms with Crippen molar-refractivity contribution in [2.24, 2.45) is 0 Å². The molecule has 0 heterocycles. The van der Waals surface area contributed by atoms with Crippen LogP contribution < -0.4 is 0 Å². The van der Waals surface area contributed by atoms with Crippen LogP contribution in [0.3, 0.4) is 0 Å². The Morgan fingerprint density at radius 2 is 0.879 bits per heavy atom. The Bertz CT molecular complexity index is 678. The van der Waals surface area contributed by atoms with Crippen molar-refractivity contribution in [2.75, 3.05) is 0 Å². The van der Waals surface area contributed by atoms with Crippen molar-refractivity contribution in [3.05, 3.63) is 33.4 Å². The zero-order valence-electron chi connectivity index (χ0n) is 25.1. The van der Waals surface area contributed by atoms with Crippen LogP contribution in [0.25, 0.3) is 0 Å². The van der Waals surface area contributed by atoms with Crippen LogP contribution in [0.15, 0.2) is 0 Å². The molecule has 192 valence electrons. The van der Waals surface area contributed by atoms with Gasteiger partial charge >= 0.3 is 0 Å². The van der Waals surface area contributed by atoms with Crippen LogP contribution in [-0.4, -0.2) is 0 Å². The van der Waals surface area contributed by atoms with E-state index >= 15 is 0 Å². The molecule has 0 saturated heterocycles. The quantitative estimate of drug-likeness (QED) is 0.290. The summed E-state index contributed by atoms with van der Waals surface area (Å²) in [6, 6.07) is 0. The van der Waals surface area contributed by atoms with Gasteiger partial charge in [-0.1, -0.05) is 122 Å². The summed E-state index contributed by atoms with van der Waals surface area (Å²) in [4.78, 5) is 0. The molecule has 1 atom stereocenters. The first-order valence-corrected chi connectivity index (χ1v) is 14.4. The average Bonchev–Trinajstić information content (AvgIpc) is 2.64. The highest BCUT2D eigenvalue weighted by atomic mass is 14.4. The maximum atomic E-state index is 2.52. The minimum Gasteiger partial charge on any atom is -0.0654 e. The second-order valence-electron chi connectivity index (χ2n) is 13.8. The molecule has 0 aliphatic carbocycles. The van der Waals surface area contributed by atoms with E-state index in [0.29, 0.717) is 5.92 Å². The fraction of sp³-hybridized carbons (Fsp3) is 0.818. The zero-order valence-corrected chi connectivity index (χ0v) is 25.1. The third kappa shape index (κ3) is 7.86. The molecule has 1 aromatic carbocycles. The first-order chi connectivity index (χ1) is 15.1. The number of hydrogen-bond acceptors (Lipinski definition) is 0. The van der Waals surface area contributed by atoms with Crippen LogP contribution >= 0.6 is 0 Å². The second kappa shape index (κ2) is 12.3. The molecule has 0 aromatic heterocycles. The zero-order chi connectivity index (χ0) is 25.6. The summed E-state index contributed by atoms with van der Waals surface area (Å²) < 4.78 is 0. The van der Waals surface area contributed by atoms with E-state index in [0.717, 1.165) is 0 Å². The fourth-order valence-electron chi connectivity index (χ4n) is 6.17. The van der Waals surface area contributed by atoms with Crippen molar-refractivity contribution in [1.29, 1.82) is 0 Å². The van der Waals surface area contributed by atoms with Crippen LogP contribution in [0.5, 0.6) is 0 Å². The lowest BCUT2D eigenvalue weighted by Gasteiger charge is -2.41. The van der Waals surface area contributed by atoms with E-state index in [4.69, 9.17) is 0 Å². The first-order valence-electron chi connectivity index (χ1n) is 14.4. The minimum atomic E-state index is 0.154. The average molecular weight is 457 g/mol. The van der Waals surface area contributed by atoms with E-state index < -0.39 is 0 Å². The van der Waals surface area contributed by atoms with Crippen LogP contribution in [0.2, 0.25) is 0 Å². The Balaban J connectivity index is 4.28. The topological polar surface area (TPSA) is 0 Å². The molecule has 33 heavy (non-hydrogen) atoms. The van der Waals surface area contributed by atoms with Gasteiger partial charge in [-0.25, -0.2) is 0 Å². The highest BCUT2D eigenvalue weighted by molar-refractivity contribution is 5.60. The molecule has 1 rings (SSSR count). The monoisotopic (exact) mass is 456 g/mol. The summed E-state index contributed by atoms with van der Waals surface area (Å²) in [6.07, 6.45) is 12.9. The summed E-state index contributed by atoms with van der Waals surface area (Å²) >= 11 is 0. The van der Waals surface area contributed by atoms with Gasteiger partial charge in [-0.15, -0.1) is 0 Å². The van der Waals surface area contributed by atoms with Gasteiger partial charge in [-0.05, 0) is 87.6 Å². The molecule has 0 aliphatic heterocycles. The fourth-order valence-corrected chi connectivity index (χ4v) is 6.17. The van der Waals surface area contributed by atoms with E-state index in [1.165, 1.54) is 64.2 Å². The molecule has 0 spiro atoms. The molecule has 0 nitrogen and oxygen atoms in total. The van der Waals surface area contributed by atoms with Gasteiger partial charge in [0, 0.05) is 0 Å². The third-order valence-electron chi connectivity index (χ3n) is 7.27. The molecular weight excluding hydrogens is 396 g/mol. The second-order valence-corrected chi connectivity index (χ2v) is 13.8. The van der Waals surface area contributed by atoms with Crippen molar-refractivity contribution in [3.63, 3.8) is 0 Å². The van der Waals surface area contributed by atoms with Crippen molar-refractivity contribution in [2.45, 2.75) is 176 Å². The van der Waals surface area contributed by atoms with Crippen LogP contribution in [0.1, 0.15) is 181 Å². The van der Waals surface area contributed by atoms with E-state index in [1.54, 1.807) is 33.4 Å². The Kier molecular flexibility index (Phi) is 11.2. The molecule has 0 fully saturated rings. The van der Waals surface area contributed by atoms with E-state index in [-0.39, 0.29) is 16.2 Å². The molecule has 1 unspecified atom stereocenters. The highest BCUT2D eigenvalue weighted by Gasteiger charge is 2.37. The number of rotatable bonds is 11. The standard InChI is InChI=1S/C33H60/c1-14-17-19-22-25-28(31(5,6)7)26(23-20-18-15-2)30(33(11,12)13)27(24(4)21-16-3)29(25)32(8,9)10/h24H,14-23H2,1-13H3. The van der Waals surface area contributed by atoms with Crippen LogP contribution in [-0.2, 0) is 29.1 Å². The minimum absolute atomic E-state index is 0.154. The maximum absolute atomic E-state index is 2.52. The van der Waals surface area contributed by atoms with E-state index in [9.17, 15) is 0 Å². The predicted octanol–water partition coefficient (Wildman–Crippen LogP) is 10.9. The molecular formula is C33H60. The van der Waals surface area contributed by atoms with Gasteiger partial charge < -0.3 is 0 Å². The molecule has 0 amide bonds. The summed E-state index contributed by atoms with van der Waals surface area (Å²) in [5, 5.41) is 0. The van der Waals surface area contributed by atoms with Gasteiger partial charge in [-0.3, -0.25) is 0 Å². The molecule has 0 aliphatic rings. The van der Waals surface area contributed by atoms with E-state index in [2.05, 4.69) is 90.0 Å².